The molecule has 1 aromatic carbocycles. The Morgan fingerprint density at radius 2 is 2.30 bits per heavy atom. The molecule has 0 saturated heterocycles. The molecule has 8 heteroatoms. The van der Waals surface area contributed by atoms with Gasteiger partial charge in [-0.1, -0.05) is 0 Å². The summed E-state index contributed by atoms with van der Waals surface area (Å²) >= 11 is 5.49. The lowest BCUT2D eigenvalue weighted by Crippen LogP contribution is -2.07. The molecule has 0 unspecified atom stereocenters. The number of alkyl halides is 1. The van der Waals surface area contributed by atoms with Crippen molar-refractivity contribution in [2.45, 2.75) is 6.42 Å². The Labute approximate surface area is 120 Å². The number of nitrogens with zero attached hydrogens (tertiary/aromatic N) is 2. The first-order chi connectivity index (χ1) is 9.70. The number of ether oxygens (including phenoxy) is 1. The minimum Gasteiger partial charge on any atom is -0.380 e. The Balaban J connectivity index is 1.89. The third kappa shape index (κ3) is 3.82. The maximum Gasteiger partial charge on any atom is 0.271 e. The molecule has 0 aliphatic heterocycles. The van der Waals surface area contributed by atoms with Crippen LogP contribution in [0.1, 0.15) is 6.42 Å². The average Bonchev–Trinajstić information content (AvgIpc) is 2.84. The Kier molecular flexibility index (Phi) is 5.14. The second kappa shape index (κ2) is 7.06. The summed E-state index contributed by atoms with van der Waals surface area (Å²) in [5.74, 6) is 1.09. The van der Waals surface area contributed by atoms with Gasteiger partial charge >= 0.3 is 0 Å². The summed E-state index contributed by atoms with van der Waals surface area (Å²) in [7, 11) is 0. The zero-order valence-corrected chi connectivity index (χ0v) is 11.5. The molecule has 0 aliphatic carbocycles. The number of nitrogens with one attached hydrogen (secondary N) is 2. The van der Waals surface area contributed by atoms with Crippen LogP contribution in [0.2, 0.25) is 0 Å². The van der Waals surface area contributed by atoms with E-state index < -0.39 is 4.92 Å². The third-order valence-electron chi connectivity index (χ3n) is 2.66. The molecule has 2 aromatic rings. The molecule has 1 heterocycles. The van der Waals surface area contributed by atoms with Gasteiger partial charge < -0.3 is 15.0 Å². The topological polar surface area (TPSA) is 93.1 Å². The van der Waals surface area contributed by atoms with Gasteiger partial charge in [-0.15, -0.1) is 11.6 Å². The Hall–Kier alpha value is -1.86. The number of rotatable bonds is 8. The maximum absolute atomic E-state index is 10.7. The zero-order chi connectivity index (χ0) is 14.4. The molecule has 0 fully saturated rings. The highest BCUT2D eigenvalue weighted by Gasteiger charge is 2.09. The lowest BCUT2D eigenvalue weighted by molar-refractivity contribution is -0.384. The fraction of sp³-hybridized carbons (Fsp3) is 0.417. The van der Waals surface area contributed by atoms with Crippen molar-refractivity contribution >= 4 is 34.3 Å². The summed E-state index contributed by atoms with van der Waals surface area (Å²) in [5.41, 5.74) is 1.37. The predicted molar refractivity (Wildman–Crippen MR) is 77.4 cm³/mol. The molecule has 0 atom stereocenters. The Morgan fingerprint density at radius 3 is 3.05 bits per heavy atom. The number of benzene rings is 1. The number of fused-ring (bicyclic) bond motifs is 1. The lowest BCUT2D eigenvalue weighted by atomic mass is 10.3. The van der Waals surface area contributed by atoms with Crippen LogP contribution >= 0.6 is 11.6 Å². The highest BCUT2D eigenvalue weighted by molar-refractivity contribution is 6.17. The van der Waals surface area contributed by atoms with Gasteiger partial charge in [0.15, 0.2) is 0 Å². The van der Waals surface area contributed by atoms with Gasteiger partial charge in [-0.3, -0.25) is 10.1 Å². The smallest absolute Gasteiger partial charge is 0.271 e. The van der Waals surface area contributed by atoms with Gasteiger partial charge in [0, 0.05) is 31.2 Å². The number of nitro benzene ring substituents is 1. The minimum atomic E-state index is -0.429. The van der Waals surface area contributed by atoms with Crippen LogP contribution in [-0.4, -0.2) is 40.5 Å². The molecule has 0 saturated carbocycles. The van der Waals surface area contributed by atoms with Crippen molar-refractivity contribution in [2.24, 2.45) is 0 Å². The van der Waals surface area contributed by atoms with Crippen molar-refractivity contribution in [3.63, 3.8) is 0 Å². The number of imidazole rings is 1. The number of hydrogen-bond donors (Lipinski definition) is 2. The second-order valence-corrected chi connectivity index (χ2v) is 4.50. The average molecular weight is 299 g/mol. The fourth-order valence-corrected chi connectivity index (χ4v) is 1.84. The summed E-state index contributed by atoms with van der Waals surface area (Å²) in [6.07, 6.45) is 0.827. The molecule has 1 aromatic heterocycles. The van der Waals surface area contributed by atoms with E-state index in [0.717, 1.165) is 6.42 Å². The molecule has 0 aliphatic rings. The van der Waals surface area contributed by atoms with E-state index in [9.17, 15) is 10.1 Å². The van der Waals surface area contributed by atoms with Gasteiger partial charge in [-0.25, -0.2) is 4.98 Å². The number of H-pyrrole nitrogens is 1. The zero-order valence-electron chi connectivity index (χ0n) is 10.8. The number of anilines is 1. The lowest BCUT2D eigenvalue weighted by Gasteiger charge is -2.03. The van der Waals surface area contributed by atoms with Gasteiger partial charge in [0.2, 0.25) is 5.95 Å². The van der Waals surface area contributed by atoms with Gasteiger partial charge in [-0.05, 0) is 12.5 Å². The summed E-state index contributed by atoms with van der Waals surface area (Å²) in [6, 6.07) is 4.53. The van der Waals surface area contributed by atoms with Crippen molar-refractivity contribution < 1.29 is 9.66 Å². The number of non-ortho nitro benzene ring substituents is 1. The molecule has 7 nitrogen and oxygen atoms in total. The molecular formula is C12H15ClN4O3. The first-order valence-electron chi connectivity index (χ1n) is 6.22. The largest absolute Gasteiger partial charge is 0.380 e. The van der Waals surface area contributed by atoms with Crippen LogP contribution in [0.25, 0.3) is 11.0 Å². The van der Waals surface area contributed by atoms with Crippen LogP contribution in [0.5, 0.6) is 0 Å². The maximum atomic E-state index is 10.7. The molecule has 2 rings (SSSR count). The Morgan fingerprint density at radius 1 is 1.45 bits per heavy atom. The number of aromatic amines is 1. The molecular weight excluding hydrogens is 284 g/mol. The van der Waals surface area contributed by atoms with Crippen LogP contribution in [-0.2, 0) is 4.74 Å². The third-order valence-corrected chi connectivity index (χ3v) is 2.81. The van der Waals surface area contributed by atoms with E-state index in [1.54, 1.807) is 6.07 Å². The molecule has 2 N–H and O–H groups in total. The Bertz CT molecular complexity index is 587. The van der Waals surface area contributed by atoms with Crippen molar-refractivity contribution in [1.82, 2.24) is 9.97 Å². The van der Waals surface area contributed by atoms with Gasteiger partial charge in [-0.2, -0.15) is 0 Å². The number of hydrogen-bond acceptors (Lipinski definition) is 5. The number of halogens is 1. The predicted octanol–water partition coefficient (Wildman–Crippen LogP) is 2.53. The monoisotopic (exact) mass is 298 g/mol. The van der Waals surface area contributed by atoms with Crippen molar-refractivity contribution in [1.29, 1.82) is 0 Å². The van der Waals surface area contributed by atoms with Crippen LogP contribution in [0.3, 0.4) is 0 Å². The summed E-state index contributed by atoms with van der Waals surface area (Å²) in [5, 5.41) is 13.8. The fourth-order valence-electron chi connectivity index (χ4n) is 1.73. The molecule has 108 valence electrons. The van der Waals surface area contributed by atoms with E-state index >= 15 is 0 Å². The first-order valence-corrected chi connectivity index (χ1v) is 6.76. The number of nitro groups is 1. The second-order valence-electron chi connectivity index (χ2n) is 4.13. The van der Waals surface area contributed by atoms with Crippen LogP contribution in [0, 0.1) is 10.1 Å². The van der Waals surface area contributed by atoms with E-state index in [0.29, 0.717) is 42.6 Å². The van der Waals surface area contributed by atoms with E-state index in [2.05, 4.69) is 15.3 Å². The molecule has 0 amide bonds. The quantitative estimate of drug-likeness (QED) is 0.338. The van der Waals surface area contributed by atoms with Gasteiger partial charge in [0.1, 0.15) is 0 Å². The summed E-state index contributed by atoms with van der Waals surface area (Å²) in [4.78, 5) is 17.6. The number of aromatic nitrogens is 2. The van der Waals surface area contributed by atoms with Crippen LogP contribution in [0.4, 0.5) is 11.6 Å². The van der Waals surface area contributed by atoms with Crippen molar-refractivity contribution in [2.75, 3.05) is 31.0 Å². The SMILES string of the molecule is O=[N+]([O-])c1ccc2nc(NCCCOCCCl)[nH]c2c1. The highest BCUT2D eigenvalue weighted by atomic mass is 35.5. The standard InChI is InChI=1S/C12H15ClN4O3/c13-4-7-20-6-1-5-14-12-15-10-3-2-9(17(18)19)8-11(10)16-12/h2-3,8H,1,4-7H2,(H2,14,15,16). The van der Waals surface area contributed by atoms with E-state index in [1.165, 1.54) is 12.1 Å². The minimum absolute atomic E-state index is 0.0437. The molecule has 0 radical (unpaired) electrons. The van der Waals surface area contributed by atoms with E-state index in [-0.39, 0.29) is 5.69 Å². The molecule has 0 bridgehead atoms. The van der Waals surface area contributed by atoms with E-state index in [1.807, 2.05) is 0 Å². The van der Waals surface area contributed by atoms with Gasteiger partial charge in [0.25, 0.3) is 5.69 Å². The van der Waals surface area contributed by atoms with Crippen molar-refractivity contribution in [3.05, 3.63) is 28.3 Å². The molecule has 20 heavy (non-hydrogen) atoms. The summed E-state index contributed by atoms with van der Waals surface area (Å²) < 4.78 is 5.24. The highest BCUT2D eigenvalue weighted by Crippen LogP contribution is 2.20. The van der Waals surface area contributed by atoms with Crippen molar-refractivity contribution in [3.8, 4) is 0 Å². The van der Waals surface area contributed by atoms with Crippen LogP contribution < -0.4 is 5.32 Å². The first kappa shape index (κ1) is 14.5. The molecule has 0 spiro atoms. The normalized spacial score (nSPS) is 10.8. The van der Waals surface area contributed by atoms with E-state index in [4.69, 9.17) is 16.3 Å². The van der Waals surface area contributed by atoms with Crippen LogP contribution in [0.15, 0.2) is 18.2 Å². The summed E-state index contributed by atoms with van der Waals surface area (Å²) in [6.45, 7) is 1.88. The van der Waals surface area contributed by atoms with Gasteiger partial charge in [0.05, 0.1) is 22.6 Å².